The molecule has 5 amide bonds. The molecule has 1 aliphatic rings. The summed E-state index contributed by atoms with van der Waals surface area (Å²) >= 11 is 0. The van der Waals surface area contributed by atoms with E-state index in [2.05, 4.69) is 15.6 Å². The molecule has 0 saturated carbocycles. The Labute approximate surface area is 246 Å². The molecule has 1 aliphatic heterocycles. The van der Waals surface area contributed by atoms with Crippen molar-refractivity contribution in [3.8, 4) is 0 Å². The van der Waals surface area contributed by atoms with Crippen molar-refractivity contribution in [1.82, 2.24) is 20.4 Å². The van der Waals surface area contributed by atoms with E-state index in [9.17, 15) is 39.0 Å². The maximum Gasteiger partial charge on any atom is 0.330 e. The first-order chi connectivity index (χ1) is 20.5. The van der Waals surface area contributed by atoms with Gasteiger partial charge in [-0.2, -0.15) is 0 Å². The molecular formula is C28H33N7O8. The molecule has 228 valence electrons. The number of aliphatic carboxylic acids is 2. The molecule has 0 spiro atoms. The molecule has 0 radical (unpaired) electrons. The summed E-state index contributed by atoms with van der Waals surface area (Å²) < 4.78 is 0. The van der Waals surface area contributed by atoms with E-state index in [1.165, 1.54) is 17.0 Å². The Morgan fingerprint density at radius 3 is 2.14 bits per heavy atom. The van der Waals surface area contributed by atoms with Gasteiger partial charge >= 0.3 is 18.0 Å². The van der Waals surface area contributed by atoms with Gasteiger partial charge in [0.2, 0.25) is 11.8 Å². The van der Waals surface area contributed by atoms with E-state index in [4.69, 9.17) is 11.5 Å². The second-order valence-corrected chi connectivity index (χ2v) is 9.69. The highest BCUT2D eigenvalue weighted by molar-refractivity contribution is 6.06. The summed E-state index contributed by atoms with van der Waals surface area (Å²) in [4.78, 5) is 81.7. The third-order valence-electron chi connectivity index (χ3n) is 6.53. The number of aliphatic imine (C=N–C) groups is 1. The van der Waals surface area contributed by atoms with Gasteiger partial charge in [0.15, 0.2) is 12.0 Å². The summed E-state index contributed by atoms with van der Waals surface area (Å²) in [5, 5.41) is 23.4. The van der Waals surface area contributed by atoms with Crippen molar-refractivity contribution in [2.24, 2.45) is 16.5 Å². The van der Waals surface area contributed by atoms with Gasteiger partial charge in [-0.25, -0.2) is 9.59 Å². The number of carbonyl (C=O) groups is 6. The van der Waals surface area contributed by atoms with Gasteiger partial charge in [-0.3, -0.25) is 29.1 Å². The van der Waals surface area contributed by atoms with Crippen LogP contribution >= 0.6 is 0 Å². The van der Waals surface area contributed by atoms with E-state index in [1.807, 2.05) is 0 Å². The van der Waals surface area contributed by atoms with Crippen LogP contribution in [-0.2, 0) is 30.5 Å². The number of benzene rings is 2. The fourth-order valence-corrected chi connectivity index (χ4v) is 4.51. The van der Waals surface area contributed by atoms with E-state index in [1.54, 1.807) is 48.5 Å². The molecule has 1 fully saturated rings. The fourth-order valence-electron chi connectivity index (χ4n) is 4.51. The van der Waals surface area contributed by atoms with Crippen LogP contribution in [0.2, 0.25) is 0 Å². The largest absolute Gasteiger partial charge is 0.481 e. The number of guanidine groups is 1. The van der Waals surface area contributed by atoms with E-state index in [-0.39, 0.29) is 31.0 Å². The summed E-state index contributed by atoms with van der Waals surface area (Å²) in [7, 11) is 0. The third kappa shape index (κ3) is 9.01. The number of nitrogens with zero attached hydrogens (tertiary/aromatic N) is 3. The lowest BCUT2D eigenvalue weighted by Gasteiger charge is -2.22. The number of nitrogens with one attached hydrogen (secondary N) is 2. The summed E-state index contributed by atoms with van der Waals surface area (Å²) in [5.41, 5.74) is 11.7. The van der Waals surface area contributed by atoms with Crippen molar-refractivity contribution in [1.29, 1.82) is 0 Å². The predicted octanol–water partition coefficient (Wildman–Crippen LogP) is -0.225. The lowest BCUT2D eigenvalue weighted by Crippen LogP contribution is -2.52. The number of rotatable bonds is 15. The maximum atomic E-state index is 13.3. The smallest absolute Gasteiger partial charge is 0.330 e. The molecule has 2 aromatic rings. The molecule has 3 rings (SSSR count). The zero-order valence-corrected chi connectivity index (χ0v) is 23.1. The van der Waals surface area contributed by atoms with Gasteiger partial charge < -0.3 is 37.2 Å². The number of amides is 5. The molecule has 1 saturated heterocycles. The van der Waals surface area contributed by atoms with Crippen molar-refractivity contribution in [2.45, 2.75) is 43.9 Å². The molecule has 2 aromatic carbocycles. The van der Waals surface area contributed by atoms with Crippen LogP contribution in [0.5, 0.6) is 0 Å². The minimum absolute atomic E-state index is 0.0800. The molecular weight excluding hydrogens is 562 g/mol. The minimum atomic E-state index is -1.70. The highest BCUT2D eigenvalue weighted by Gasteiger charge is 2.45. The van der Waals surface area contributed by atoms with Crippen molar-refractivity contribution < 1.29 is 39.0 Å². The number of carboxylic acid groups (broad SMARTS) is 2. The van der Waals surface area contributed by atoms with Crippen LogP contribution in [0.25, 0.3) is 0 Å². The van der Waals surface area contributed by atoms with Gasteiger partial charge in [0.1, 0.15) is 18.6 Å². The van der Waals surface area contributed by atoms with Crippen molar-refractivity contribution >= 4 is 41.7 Å². The molecule has 3 atom stereocenters. The van der Waals surface area contributed by atoms with Crippen LogP contribution in [0.15, 0.2) is 65.7 Å². The zero-order valence-electron chi connectivity index (χ0n) is 23.1. The van der Waals surface area contributed by atoms with Crippen molar-refractivity contribution in [3.05, 3.63) is 71.8 Å². The summed E-state index contributed by atoms with van der Waals surface area (Å²) in [6, 6.07) is 11.7. The number of nitrogens with two attached hydrogens (primary N) is 2. The Bertz CT molecular complexity index is 1370. The molecule has 0 aromatic heterocycles. The number of hydrogen-bond acceptors (Lipinski definition) is 7. The quantitative estimate of drug-likeness (QED) is 0.0684. The van der Waals surface area contributed by atoms with Crippen LogP contribution in [0.3, 0.4) is 0 Å². The van der Waals surface area contributed by atoms with Gasteiger partial charge in [0, 0.05) is 13.1 Å². The number of urea groups is 1. The van der Waals surface area contributed by atoms with E-state index >= 15 is 0 Å². The van der Waals surface area contributed by atoms with Gasteiger partial charge in [-0.15, -0.1) is 0 Å². The summed E-state index contributed by atoms with van der Waals surface area (Å²) in [5.74, 6) is -5.69. The van der Waals surface area contributed by atoms with Gasteiger partial charge in [-0.05, 0) is 24.0 Å². The maximum absolute atomic E-state index is 13.3. The zero-order chi connectivity index (χ0) is 31.5. The Balaban J connectivity index is 1.74. The van der Waals surface area contributed by atoms with E-state index in [0.29, 0.717) is 6.42 Å². The first-order valence-corrected chi connectivity index (χ1v) is 13.3. The Kier molecular flexibility index (Phi) is 11.1. The first-order valence-electron chi connectivity index (χ1n) is 13.3. The fraction of sp³-hybridized carbons (Fsp3) is 0.321. The first kappa shape index (κ1) is 32.0. The number of carbonyl (C=O) groups excluding carboxylic acids is 4. The molecule has 0 aliphatic carbocycles. The SMILES string of the molecule is NC(N)=NCCCC1C(=O)N(CC(=O)NC(CC(=O)O)C(=O)NC(C(=O)O)c2ccccc2)C(=O)N1Cc1ccccc1. The van der Waals surface area contributed by atoms with Gasteiger partial charge in [0.05, 0.1) is 6.42 Å². The van der Waals surface area contributed by atoms with Crippen LogP contribution < -0.4 is 22.1 Å². The van der Waals surface area contributed by atoms with Crippen LogP contribution in [0.4, 0.5) is 4.79 Å². The molecule has 0 bridgehead atoms. The monoisotopic (exact) mass is 595 g/mol. The highest BCUT2D eigenvalue weighted by Crippen LogP contribution is 2.24. The van der Waals surface area contributed by atoms with E-state index < -0.39 is 66.8 Å². The molecule has 15 heteroatoms. The average Bonchev–Trinajstić information content (AvgIpc) is 3.17. The summed E-state index contributed by atoms with van der Waals surface area (Å²) in [6.45, 7) is -0.499. The second kappa shape index (κ2) is 15.0. The molecule has 15 nitrogen and oxygen atoms in total. The van der Waals surface area contributed by atoms with E-state index in [0.717, 1.165) is 10.5 Å². The molecule has 43 heavy (non-hydrogen) atoms. The molecule has 8 N–H and O–H groups in total. The molecule has 3 unspecified atom stereocenters. The lowest BCUT2D eigenvalue weighted by atomic mass is 10.1. The lowest BCUT2D eigenvalue weighted by molar-refractivity contribution is -0.143. The number of hydrogen-bond donors (Lipinski definition) is 6. The topological polar surface area (TPSA) is 238 Å². The average molecular weight is 596 g/mol. The highest BCUT2D eigenvalue weighted by atomic mass is 16.4. The third-order valence-corrected chi connectivity index (χ3v) is 6.53. The Hall–Kier alpha value is -5.47. The standard InChI is InChI=1S/C28H33N7O8/c29-27(30)31-13-7-12-20-25(40)35(28(43)34(20)15-17-8-3-1-4-9-17)16-21(36)32-19(14-22(37)38)24(39)33-23(26(41)42)18-10-5-2-6-11-18/h1-6,8-11,19-20,23H,7,12-16H2,(H,32,36)(H,33,39)(H,37,38)(H,41,42)(H4,29,30,31). The van der Waals surface area contributed by atoms with Crippen LogP contribution in [0.1, 0.15) is 36.4 Å². The van der Waals surface area contributed by atoms with Crippen LogP contribution in [0, 0.1) is 0 Å². The van der Waals surface area contributed by atoms with Gasteiger partial charge in [-0.1, -0.05) is 60.7 Å². The Morgan fingerprint density at radius 1 is 0.930 bits per heavy atom. The summed E-state index contributed by atoms with van der Waals surface area (Å²) in [6.07, 6.45) is -0.319. The van der Waals surface area contributed by atoms with Gasteiger partial charge in [0.25, 0.3) is 5.91 Å². The van der Waals surface area contributed by atoms with Crippen LogP contribution in [-0.4, -0.2) is 86.8 Å². The number of imide groups is 1. The van der Waals surface area contributed by atoms with Crippen molar-refractivity contribution in [3.63, 3.8) is 0 Å². The Morgan fingerprint density at radius 2 is 1.56 bits per heavy atom. The predicted molar refractivity (Wildman–Crippen MR) is 152 cm³/mol. The normalized spacial score (nSPS) is 15.9. The van der Waals surface area contributed by atoms with Crippen molar-refractivity contribution in [2.75, 3.05) is 13.1 Å². The molecule has 1 heterocycles. The second-order valence-electron chi connectivity index (χ2n) is 9.69. The number of carboxylic acids is 2. The minimum Gasteiger partial charge on any atom is -0.481 e.